The Labute approximate surface area is 388 Å². The number of hydrogen-bond donors (Lipinski definition) is 3. The summed E-state index contributed by atoms with van der Waals surface area (Å²) >= 11 is 0. The molecule has 0 heterocycles. The van der Waals surface area contributed by atoms with Crippen molar-refractivity contribution in [1.29, 1.82) is 0 Å². The number of aliphatic hydroxyl groups is 2. The van der Waals surface area contributed by atoms with Crippen LogP contribution < -0.4 is 5.32 Å². The highest BCUT2D eigenvalue weighted by Crippen LogP contribution is 2.15. The standard InChI is InChI=1S/C57H95NO5/c1-4-7-10-13-16-19-22-24-26-28-30-32-34-36-39-42-45-48-53(51-56(61)58-54(52-59)55(60)49-46-43-40-37-21-18-15-12-9-6-3)63-57(62)50-47-44-41-38-35-33-31-29-27-25-23-20-17-14-11-8-5-2/h7,10,16-17,19-20,24-27,30-33,36,39,45,48,53-55,59-60H,4-6,8-9,11-15,18,21-23,28-29,34-35,37-38,40-44,46-47,49-52H2,1-3H3,(H,58,61)/b10-7-,19-16-,20-17-,26-24-,27-25-,32-30-,33-31-,39-36-,48-45-. The third kappa shape index (κ3) is 44.9. The molecule has 0 radical (unpaired) electrons. The van der Waals surface area contributed by atoms with E-state index in [9.17, 15) is 19.8 Å². The van der Waals surface area contributed by atoms with Crippen LogP contribution in [0.3, 0.4) is 0 Å². The zero-order valence-corrected chi connectivity index (χ0v) is 40.7. The second-order valence-electron chi connectivity index (χ2n) is 16.8. The van der Waals surface area contributed by atoms with Crippen LogP contribution in [0.5, 0.6) is 0 Å². The van der Waals surface area contributed by atoms with E-state index >= 15 is 0 Å². The number of carbonyl (C=O) groups is 2. The Morgan fingerprint density at radius 1 is 0.492 bits per heavy atom. The highest BCUT2D eigenvalue weighted by Gasteiger charge is 2.23. The number of rotatable bonds is 44. The third-order valence-electron chi connectivity index (χ3n) is 10.8. The van der Waals surface area contributed by atoms with Gasteiger partial charge in [-0.1, -0.05) is 214 Å². The molecule has 0 aromatic heterocycles. The fraction of sp³-hybridized carbons (Fsp3) is 0.649. The first-order chi connectivity index (χ1) is 31.0. The monoisotopic (exact) mass is 874 g/mol. The molecule has 0 saturated carbocycles. The first-order valence-electron chi connectivity index (χ1n) is 25.6. The van der Waals surface area contributed by atoms with Gasteiger partial charge in [0, 0.05) is 6.42 Å². The predicted octanol–water partition coefficient (Wildman–Crippen LogP) is 15.5. The summed E-state index contributed by atoms with van der Waals surface area (Å²) in [5, 5.41) is 23.6. The minimum Gasteiger partial charge on any atom is -0.458 e. The van der Waals surface area contributed by atoms with Crippen LogP contribution in [0.15, 0.2) is 109 Å². The van der Waals surface area contributed by atoms with Crippen LogP contribution in [0.2, 0.25) is 0 Å². The summed E-state index contributed by atoms with van der Waals surface area (Å²) in [5.74, 6) is -0.666. The van der Waals surface area contributed by atoms with Gasteiger partial charge in [0.1, 0.15) is 6.10 Å². The minimum absolute atomic E-state index is 0.0628. The molecule has 63 heavy (non-hydrogen) atoms. The summed E-state index contributed by atoms with van der Waals surface area (Å²) in [4.78, 5) is 26.1. The molecule has 0 bridgehead atoms. The van der Waals surface area contributed by atoms with Crippen molar-refractivity contribution in [1.82, 2.24) is 5.32 Å². The first-order valence-corrected chi connectivity index (χ1v) is 25.6. The molecule has 6 heteroatoms. The molecule has 0 aromatic rings. The molecule has 0 aliphatic carbocycles. The van der Waals surface area contributed by atoms with Gasteiger partial charge in [-0.2, -0.15) is 0 Å². The summed E-state index contributed by atoms with van der Waals surface area (Å²) in [6.45, 7) is 6.27. The number of ether oxygens (including phenoxy) is 1. The lowest BCUT2D eigenvalue weighted by molar-refractivity contribution is -0.148. The van der Waals surface area contributed by atoms with Gasteiger partial charge >= 0.3 is 5.97 Å². The number of allylic oxidation sites excluding steroid dienone is 17. The van der Waals surface area contributed by atoms with Crippen LogP contribution in [0.1, 0.15) is 213 Å². The van der Waals surface area contributed by atoms with E-state index in [4.69, 9.17) is 4.74 Å². The third-order valence-corrected chi connectivity index (χ3v) is 10.8. The van der Waals surface area contributed by atoms with E-state index in [0.717, 1.165) is 96.3 Å². The van der Waals surface area contributed by atoms with Crippen molar-refractivity contribution in [3.63, 3.8) is 0 Å². The van der Waals surface area contributed by atoms with Crippen molar-refractivity contribution in [2.24, 2.45) is 0 Å². The van der Waals surface area contributed by atoms with Gasteiger partial charge in [-0.3, -0.25) is 9.59 Å². The zero-order chi connectivity index (χ0) is 45.9. The quantitative estimate of drug-likeness (QED) is 0.0322. The van der Waals surface area contributed by atoms with Gasteiger partial charge in [0.05, 0.1) is 25.2 Å². The van der Waals surface area contributed by atoms with Crippen molar-refractivity contribution < 1.29 is 24.5 Å². The SMILES string of the molecule is CC/C=C\C/C=C\C/C=C\C/C=C\C/C=C\C/C=C\C(CC(=O)NC(CO)C(O)CCCCCCCCCCCC)OC(=O)CCCCCC/C=C\C/C=C\C/C=C\CCCCC. The number of esters is 1. The maximum absolute atomic E-state index is 13.2. The van der Waals surface area contributed by atoms with Crippen LogP contribution in [-0.4, -0.2) is 46.9 Å². The predicted molar refractivity (Wildman–Crippen MR) is 273 cm³/mol. The fourth-order valence-corrected chi connectivity index (χ4v) is 6.96. The van der Waals surface area contributed by atoms with Crippen LogP contribution >= 0.6 is 0 Å². The minimum atomic E-state index is -0.829. The largest absolute Gasteiger partial charge is 0.458 e. The Bertz CT molecular complexity index is 1300. The molecule has 3 atom stereocenters. The summed E-state index contributed by atoms with van der Waals surface area (Å²) < 4.78 is 5.81. The smallest absolute Gasteiger partial charge is 0.306 e. The number of hydrogen-bond acceptors (Lipinski definition) is 5. The van der Waals surface area contributed by atoms with Gasteiger partial charge in [0.2, 0.25) is 5.91 Å². The average Bonchev–Trinajstić information content (AvgIpc) is 3.28. The lowest BCUT2D eigenvalue weighted by atomic mass is 10.0. The van der Waals surface area contributed by atoms with Crippen molar-refractivity contribution in [3.8, 4) is 0 Å². The van der Waals surface area contributed by atoms with Gasteiger partial charge in [0.25, 0.3) is 0 Å². The van der Waals surface area contributed by atoms with E-state index in [-0.39, 0.29) is 24.9 Å². The summed E-state index contributed by atoms with van der Waals surface area (Å²) in [7, 11) is 0. The van der Waals surface area contributed by atoms with E-state index in [1.807, 2.05) is 6.08 Å². The maximum atomic E-state index is 13.2. The molecule has 0 aliphatic heterocycles. The second kappa shape index (κ2) is 49.5. The molecule has 3 N–H and O–H groups in total. The average molecular weight is 874 g/mol. The number of nitrogens with one attached hydrogen (secondary N) is 1. The Morgan fingerprint density at radius 3 is 1.38 bits per heavy atom. The van der Waals surface area contributed by atoms with Crippen molar-refractivity contribution >= 4 is 11.9 Å². The van der Waals surface area contributed by atoms with E-state index in [1.165, 1.54) is 70.6 Å². The number of aliphatic hydroxyl groups excluding tert-OH is 2. The molecule has 0 fully saturated rings. The Morgan fingerprint density at radius 2 is 0.889 bits per heavy atom. The number of carbonyl (C=O) groups excluding carboxylic acids is 2. The summed E-state index contributed by atoms with van der Waals surface area (Å²) in [6.07, 6.45) is 67.5. The number of amides is 1. The Kier molecular flexibility index (Phi) is 46.8. The molecule has 6 nitrogen and oxygen atoms in total. The highest BCUT2D eigenvalue weighted by molar-refractivity contribution is 5.78. The van der Waals surface area contributed by atoms with Crippen molar-refractivity contribution in [2.75, 3.05) is 6.61 Å². The number of unbranched alkanes of at least 4 members (excludes halogenated alkanes) is 16. The van der Waals surface area contributed by atoms with E-state index in [2.05, 4.69) is 123 Å². The van der Waals surface area contributed by atoms with Gasteiger partial charge in [-0.25, -0.2) is 0 Å². The summed E-state index contributed by atoms with van der Waals surface area (Å²) in [5.41, 5.74) is 0. The Balaban J connectivity index is 4.84. The zero-order valence-electron chi connectivity index (χ0n) is 40.7. The van der Waals surface area contributed by atoms with Gasteiger partial charge in [-0.15, -0.1) is 0 Å². The van der Waals surface area contributed by atoms with Gasteiger partial charge < -0.3 is 20.3 Å². The molecule has 0 rings (SSSR count). The van der Waals surface area contributed by atoms with Crippen LogP contribution in [0.25, 0.3) is 0 Å². The van der Waals surface area contributed by atoms with Crippen LogP contribution in [-0.2, 0) is 14.3 Å². The lowest BCUT2D eigenvalue weighted by Gasteiger charge is -2.23. The molecule has 0 aromatic carbocycles. The van der Waals surface area contributed by atoms with Crippen LogP contribution in [0, 0.1) is 0 Å². The van der Waals surface area contributed by atoms with Gasteiger partial charge in [-0.05, 0) is 96.0 Å². The maximum Gasteiger partial charge on any atom is 0.306 e. The topological polar surface area (TPSA) is 95.9 Å². The van der Waals surface area contributed by atoms with E-state index < -0.39 is 18.2 Å². The molecule has 0 saturated heterocycles. The normalized spacial score (nSPS) is 14.2. The van der Waals surface area contributed by atoms with E-state index in [0.29, 0.717) is 19.3 Å². The van der Waals surface area contributed by atoms with Crippen molar-refractivity contribution in [3.05, 3.63) is 109 Å². The lowest BCUT2D eigenvalue weighted by Crippen LogP contribution is -2.46. The Hall–Kier alpha value is -3.48. The molecule has 0 aliphatic rings. The van der Waals surface area contributed by atoms with Crippen molar-refractivity contribution in [2.45, 2.75) is 232 Å². The van der Waals surface area contributed by atoms with Crippen LogP contribution in [0.4, 0.5) is 0 Å². The second-order valence-corrected chi connectivity index (χ2v) is 16.8. The molecular weight excluding hydrogens is 779 g/mol. The molecule has 358 valence electrons. The molecule has 3 unspecified atom stereocenters. The summed E-state index contributed by atoms with van der Waals surface area (Å²) in [6, 6.07) is -0.753. The fourth-order valence-electron chi connectivity index (χ4n) is 6.96. The van der Waals surface area contributed by atoms with Gasteiger partial charge in [0.15, 0.2) is 0 Å². The highest BCUT2D eigenvalue weighted by atomic mass is 16.5. The molecule has 1 amide bonds. The molecular formula is C57H95NO5. The van der Waals surface area contributed by atoms with E-state index in [1.54, 1.807) is 6.08 Å². The molecule has 0 spiro atoms. The first kappa shape index (κ1) is 59.5.